The van der Waals surface area contributed by atoms with Gasteiger partial charge >= 0.3 is 0 Å². The lowest BCUT2D eigenvalue weighted by atomic mass is 9.94. The van der Waals surface area contributed by atoms with Crippen LogP contribution < -0.4 is 5.32 Å². The van der Waals surface area contributed by atoms with Crippen molar-refractivity contribution in [3.8, 4) is 11.5 Å². The summed E-state index contributed by atoms with van der Waals surface area (Å²) in [6.07, 6.45) is 1.06. The normalized spacial score (nSPS) is 16.9. The van der Waals surface area contributed by atoms with Crippen LogP contribution in [0.3, 0.4) is 0 Å². The molecule has 1 saturated heterocycles. The second kappa shape index (κ2) is 9.36. The van der Waals surface area contributed by atoms with Gasteiger partial charge in [0.05, 0.1) is 0 Å². The van der Waals surface area contributed by atoms with Crippen LogP contribution >= 0.6 is 24.8 Å². The molecular formula is C15H26Cl2N2O2. The Balaban J connectivity index is 0.00000200. The fourth-order valence-corrected chi connectivity index (χ4v) is 2.68. The molecule has 1 atom stereocenters. The van der Waals surface area contributed by atoms with Gasteiger partial charge in [-0.1, -0.05) is 19.9 Å². The monoisotopic (exact) mass is 336 g/mol. The lowest BCUT2D eigenvalue weighted by molar-refractivity contribution is 0.154. The molecule has 2 rings (SSSR count). The molecule has 122 valence electrons. The molecule has 1 fully saturated rings. The predicted octanol–water partition coefficient (Wildman–Crippen LogP) is 2.93. The van der Waals surface area contributed by atoms with E-state index in [0.717, 1.165) is 38.2 Å². The average Bonchev–Trinajstić information content (AvgIpc) is 2.40. The summed E-state index contributed by atoms with van der Waals surface area (Å²) in [5.41, 5.74) is 1.09. The van der Waals surface area contributed by atoms with Crippen LogP contribution in [-0.2, 0) is 0 Å². The Bertz CT molecular complexity index is 424. The Hall–Kier alpha value is -0.680. The number of phenolic OH excluding ortho intramolecular Hbond substituents is 2. The SMILES string of the molecule is CC(C)C[C@H](c1ccc(O)c(O)c1)N1CCNCC1.Cl.Cl. The van der Waals surface area contributed by atoms with Gasteiger partial charge in [0, 0.05) is 32.2 Å². The van der Waals surface area contributed by atoms with Crippen LogP contribution in [0, 0.1) is 5.92 Å². The van der Waals surface area contributed by atoms with E-state index >= 15 is 0 Å². The van der Waals surface area contributed by atoms with Crippen LogP contribution in [0.5, 0.6) is 11.5 Å². The Morgan fingerprint density at radius 3 is 2.24 bits per heavy atom. The maximum Gasteiger partial charge on any atom is 0.157 e. The molecule has 1 aromatic rings. The van der Waals surface area contributed by atoms with Crippen molar-refractivity contribution in [1.82, 2.24) is 10.2 Å². The average molecular weight is 337 g/mol. The Labute approximate surface area is 139 Å². The lowest BCUT2D eigenvalue weighted by Crippen LogP contribution is -2.45. The summed E-state index contributed by atoms with van der Waals surface area (Å²) in [7, 11) is 0. The van der Waals surface area contributed by atoms with Crippen molar-refractivity contribution in [2.45, 2.75) is 26.3 Å². The molecule has 0 unspecified atom stereocenters. The number of phenols is 2. The van der Waals surface area contributed by atoms with Gasteiger partial charge in [-0.25, -0.2) is 0 Å². The number of piperazine rings is 1. The minimum Gasteiger partial charge on any atom is -0.504 e. The summed E-state index contributed by atoms with van der Waals surface area (Å²) < 4.78 is 0. The topological polar surface area (TPSA) is 55.7 Å². The van der Waals surface area contributed by atoms with E-state index in [9.17, 15) is 10.2 Å². The Kier molecular flexibility index (Phi) is 9.06. The van der Waals surface area contributed by atoms with Gasteiger partial charge in [0.25, 0.3) is 0 Å². The van der Waals surface area contributed by atoms with Crippen molar-refractivity contribution in [1.29, 1.82) is 0 Å². The second-order valence-electron chi connectivity index (χ2n) is 5.68. The third kappa shape index (κ3) is 5.55. The van der Waals surface area contributed by atoms with Gasteiger partial charge in [-0.15, -0.1) is 24.8 Å². The number of hydrogen-bond acceptors (Lipinski definition) is 4. The number of nitrogens with one attached hydrogen (secondary N) is 1. The highest BCUT2D eigenvalue weighted by Gasteiger charge is 2.23. The summed E-state index contributed by atoms with van der Waals surface area (Å²) in [5.74, 6) is 0.518. The van der Waals surface area contributed by atoms with Crippen LogP contribution in [0.15, 0.2) is 18.2 Å². The molecule has 3 N–H and O–H groups in total. The van der Waals surface area contributed by atoms with E-state index in [1.807, 2.05) is 6.07 Å². The van der Waals surface area contributed by atoms with E-state index in [4.69, 9.17) is 0 Å². The molecule has 0 saturated carbocycles. The van der Waals surface area contributed by atoms with Crippen LogP contribution in [0.1, 0.15) is 31.9 Å². The van der Waals surface area contributed by atoms with Crippen LogP contribution in [0.4, 0.5) is 0 Å². The highest BCUT2D eigenvalue weighted by Crippen LogP contribution is 2.33. The standard InChI is InChI=1S/C15H24N2O2.2ClH/c1-11(2)9-13(17-7-5-16-6-8-17)12-3-4-14(18)15(19)10-12;;/h3-4,10-11,13,16,18-19H,5-9H2,1-2H3;2*1H/t13-;;/m1../s1. The smallest absolute Gasteiger partial charge is 0.157 e. The zero-order valence-electron chi connectivity index (χ0n) is 12.6. The first-order valence-electron chi connectivity index (χ1n) is 7.04. The second-order valence-corrected chi connectivity index (χ2v) is 5.68. The lowest BCUT2D eigenvalue weighted by Gasteiger charge is -2.36. The van der Waals surface area contributed by atoms with Gasteiger partial charge in [-0.2, -0.15) is 0 Å². The quantitative estimate of drug-likeness (QED) is 0.740. The van der Waals surface area contributed by atoms with Crippen molar-refractivity contribution in [2.75, 3.05) is 26.2 Å². The van der Waals surface area contributed by atoms with Gasteiger partial charge in [0.2, 0.25) is 0 Å². The summed E-state index contributed by atoms with van der Waals surface area (Å²) in [6.45, 7) is 8.51. The zero-order chi connectivity index (χ0) is 13.8. The third-order valence-corrected chi connectivity index (χ3v) is 3.67. The maximum absolute atomic E-state index is 9.70. The number of aromatic hydroxyl groups is 2. The molecule has 0 aliphatic carbocycles. The summed E-state index contributed by atoms with van der Waals surface area (Å²) in [5, 5.41) is 22.5. The third-order valence-electron chi connectivity index (χ3n) is 3.67. The molecule has 1 aliphatic rings. The molecule has 6 heteroatoms. The Morgan fingerprint density at radius 1 is 1.10 bits per heavy atom. The van der Waals surface area contributed by atoms with Crippen LogP contribution in [0.25, 0.3) is 0 Å². The summed E-state index contributed by atoms with van der Waals surface area (Å²) >= 11 is 0. The molecule has 4 nitrogen and oxygen atoms in total. The first-order valence-corrected chi connectivity index (χ1v) is 7.04. The molecule has 21 heavy (non-hydrogen) atoms. The molecule has 1 aromatic carbocycles. The number of nitrogens with zero attached hydrogens (tertiary/aromatic N) is 1. The fraction of sp³-hybridized carbons (Fsp3) is 0.600. The molecule has 1 aliphatic heterocycles. The number of rotatable bonds is 4. The van der Waals surface area contributed by atoms with Crippen molar-refractivity contribution < 1.29 is 10.2 Å². The molecule has 1 heterocycles. The fourth-order valence-electron chi connectivity index (χ4n) is 2.68. The maximum atomic E-state index is 9.70. The van der Waals surface area contributed by atoms with E-state index in [2.05, 4.69) is 24.1 Å². The minimum atomic E-state index is -0.0487. The van der Waals surface area contributed by atoms with Crippen molar-refractivity contribution in [2.24, 2.45) is 5.92 Å². The van der Waals surface area contributed by atoms with E-state index in [1.165, 1.54) is 0 Å². The predicted molar refractivity (Wildman–Crippen MR) is 90.9 cm³/mol. The highest BCUT2D eigenvalue weighted by atomic mass is 35.5. The first kappa shape index (κ1) is 20.3. The van der Waals surface area contributed by atoms with E-state index in [-0.39, 0.29) is 36.3 Å². The van der Waals surface area contributed by atoms with Gasteiger partial charge < -0.3 is 15.5 Å². The molecule has 0 aromatic heterocycles. The number of benzene rings is 1. The van der Waals surface area contributed by atoms with Gasteiger partial charge in [0.1, 0.15) is 0 Å². The summed E-state index contributed by atoms with van der Waals surface area (Å²) in [6, 6.07) is 5.52. The van der Waals surface area contributed by atoms with E-state index in [0.29, 0.717) is 12.0 Å². The molecule has 0 radical (unpaired) electrons. The molecule has 0 amide bonds. The van der Waals surface area contributed by atoms with Gasteiger partial charge in [-0.3, -0.25) is 4.90 Å². The van der Waals surface area contributed by atoms with Crippen molar-refractivity contribution >= 4 is 24.8 Å². The Morgan fingerprint density at radius 2 is 1.71 bits per heavy atom. The molecular weight excluding hydrogens is 311 g/mol. The highest BCUT2D eigenvalue weighted by molar-refractivity contribution is 5.85. The van der Waals surface area contributed by atoms with Gasteiger partial charge in [0.15, 0.2) is 11.5 Å². The minimum absolute atomic E-state index is 0. The van der Waals surface area contributed by atoms with E-state index < -0.39 is 0 Å². The van der Waals surface area contributed by atoms with Crippen molar-refractivity contribution in [3.63, 3.8) is 0 Å². The largest absolute Gasteiger partial charge is 0.504 e. The molecule has 0 bridgehead atoms. The van der Waals surface area contributed by atoms with Gasteiger partial charge in [-0.05, 0) is 30.0 Å². The number of hydrogen-bond donors (Lipinski definition) is 3. The summed E-state index contributed by atoms with van der Waals surface area (Å²) in [4.78, 5) is 2.46. The van der Waals surface area contributed by atoms with Crippen LogP contribution in [0.2, 0.25) is 0 Å². The van der Waals surface area contributed by atoms with Crippen LogP contribution in [-0.4, -0.2) is 41.3 Å². The number of halogens is 2. The van der Waals surface area contributed by atoms with Crippen molar-refractivity contribution in [3.05, 3.63) is 23.8 Å². The molecule has 0 spiro atoms. The zero-order valence-corrected chi connectivity index (χ0v) is 14.2. The van der Waals surface area contributed by atoms with E-state index in [1.54, 1.807) is 12.1 Å². The first-order chi connectivity index (χ1) is 9.08.